The van der Waals surface area contributed by atoms with Gasteiger partial charge in [-0.05, 0) is 29.3 Å². The van der Waals surface area contributed by atoms with Crippen LogP contribution in [0, 0.1) is 0 Å². The molecule has 0 aromatic heterocycles. The molecule has 4 heteroatoms. The van der Waals surface area contributed by atoms with E-state index in [4.69, 9.17) is 0 Å². The third-order valence-electron chi connectivity index (χ3n) is 3.77. The minimum absolute atomic E-state index is 0.221. The molecule has 25 heavy (non-hydrogen) atoms. The van der Waals surface area contributed by atoms with Crippen LogP contribution in [0.3, 0.4) is 0 Å². The number of carbonyl (C=O) groups excluding carboxylic acids is 1. The van der Waals surface area contributed by atoms with Crippen LogP contribution < -0.4 is 0 Å². The Kier molecular flexibility index (Phi) is 4.91. The molecule has 0 aliphatic carbocycles. The van der Waals surface area contributed by atoms with Crippen molar-refractivity contribution in [2.24, 2.45) is 0 Å². The maximum absolute atomic E-state index is 13.1. The minimum atomic E-state index is -3.68. The van der Waals surface area contributed by atoms with Gasteiger partial charge in [-0.25, -0.2) is 8.42 Å². The molecule has 0 bridgehead atoms. The molecule has 0 amide bonds. The molecular weight excluding hydrogens is 332 g/mol. The summed E-state index contributed by atoms with van der Waals surface area (Å²) in [6, 6.07) is 24.1. The first-order valence-corrected chi connectivity index (χ1v) is 9.22. The Morgan fingerprint density at radius 1 is 0.680 bits per heavy atom. The summed E-state index contributed by atoms with van der Waals surface area (Å²) >= 11 is 0. The number of carbonyl (C=O) groups is 1. The van der Waals surface area contributed by atoms with Crippen molar-refractivity contribution in [3.63, 3.8) is 0 Å². The van der Waals surface area contributed by atoms with Crippen molar-refractivity contribution in [2.45, 2.75) is 4.90 Å². The van der Waals surface area contributed by atoms with Crippen LogP contribution in [0.2, 0.25) is 0 Å². The Labute approximate surface area is 147 Å². The van der Waals surface area contributed by atoms with Crippen molar-refractivity contribution in [2.75, 3.05) is 0 Å². The fraction of sp³-hybridized carbons (Fsp3) is 0. The number of sulfone groups is 1. The molecule has 0 aliphatic heterocycles. The lowest BCUT2D eigenvalue weighted by molar-refractivity contribution is 0.112. The van der Waals surface area contributed by atoms with E-state index in [1.165, 1.54) is 0 Å². The molecule has 124 valence electrons. The topological polar surface area (TPSA) is 51.2 Å². The van der Waals surface area contributed by atoms with Crippen molar-refractivity contribution in [1.29, 1.82) is 0 Å². The molecule has 3 rings (SSSR count). The molecule has 0 spiro atoms. The van der Waals surface area contributed by atoms with Gasteiger partial charge in [0.2, 0.25) is 9.84 Å². The Morgan fingerprint density at radius 2 is 1.20 bits per heavy atom. The van der Waals surface area contributed by atoms with Gasteiger partial charge < -0.3 is 0 Å². The summed E-state index contributed by atoms with van der Waals surface area (Å²) in [4.78, 5) is 11.3. The largest absolute Gasteiger partial charge is 0.298 e. The molecule has 0 fully saturated rings. The second-order valence-electron chi connectivity index (χ2n) is 5.48. The van der Waals surface area contributed by atoms with Crippen LogP contribution >= 0.6 is 0 Å². The molecular formula is C21H16O3S. The number of aldehydes is 1. The van der Waals surface area contributed by atoms with Gasteiger partial charge in [-0.2, -0.15) is 0 Å². The van der Waals surface area contributed by atoms with Crippen molar-refractivity contribution in [1.82, 2.24) is 0 Å². The fourth-order valence-corrected chi connectivity index (χ4v) is 3.97. The second kappa shape index (κ2) is 7.28. The average molecular weight is 348 g/mol. The Hall–Kier alpha value is -2.98. The van der Waals surface area contributed by atoms with Crippen molar-refractivity contribution >= 4 is 27.1 Å². The van der Waals surface area contributed by atoms with Gasteiger partial charge in [0.1, 0.15) is 6.29 Å². The molecule has 0 saturated carbocycles. The maximum Gasteiger partial charge on any atom is 0.207 e. The first-order chi connectivity index (χ1) is 12.1. The number of rotatable bonds is 5. The zero-order chi connectivity index (χ0) is 17.7. The lowest BCUT2D eigenvalue weighted by Crippen LogP contribution is -2.04. The van der Waals surface area contributed by atoms with Gasteiger partial charge in [0.25, 0.3) is 0 Å². The molecule has 0 saturated heterocycles. The highest BCUT2D eigenvalue weighted by Gasteiger charge is 2.22. The highest BCUT2D eigenvalue weighted by Crippen LogP contribution is 2.29. The normalized spacial score (nSPS) is 11.9. The second-order valence-corrected chi connectivity index (χ2v) is 7.39. The third kappa shape index (κ3) is 3.75. The number of benzene rings is 3. The first-order valence-electron chi connectivity index (χ1n) is 7.74. The van der Waals surface area contributed by atoms with Crippen LogP contribution in [-0.4, -0.2) is 14.7 Å². The van der Waals surface area contributed by atoms with E-state index in [-0.39, 0.29) is 9.80 Å². The van der Waals surface area contributed by atoms with Gasteiger partial charge in [-0.3, -0.25) is 4.79 Å². The van der Waals surface area contributed by atoms with Crippen LogP contribution in [0.5, 0.6) is 0 Å². The minimum Gasteiger partial charge on any atom is -0.298 e. The quantitative estimate of drug-likeness (QED) is 0.505. The standard InChI is InChI=1S/C21H16O3S/c22-16-18-13-11-17(12-14-18)15-21(19-7-3-1-4-8-19)25(23,24)20-9-5-2-6-10-20/h1-16H/b21-15+. The zero-order valence-corrected chi connectivity index (χ0v) is 14.2. The Balaban J connectivity index is 2.16. The Bertz CT molecular complexity index is 988. The monoisotopic (exact) mass is 348 g/mol. The lowest BCUT2D eigenvalue weighted by Gasteiger charge is -2.10. The van der Waals surface area contributed by atoms with Gasteiger partial charge in [-0.15, -0.1) is 0 Å². The summed E-state index contributed by atoms with van der Waals surface area (Å²) in [6.07, 6.45) is 2.39. The van der Waals surface area contributed by atoms with E-state index in [9.17, 15) is 13.2 Å². The maximum atomic E-state index is 13.1. The molecule has 0 N–H and O–H groups in total. The number of hydrogen-bond donors (Lipinski definition) is 0. The molecule has 0 radical (unpaired) electrons. The van der Waals surface area contributed by atoms with Gasteiger partial charge in [0.05, 0.1) is 9.80 Å². The number of hydrogen-bond acceptors (Lipinski definition) is 3. The van der Waals surface area contributed by atoms with Gasteiger partial charge >= 0.3 is 0 Å². The van der Waals surface area contributed by atoms with Crippen LogP contribution in [0.4, 0.5) is 0 Å². The average Bonchev–Trinajstić information content (AvgIpc) is 2.68. The molecule has 0 aliphatic rings. The van der Waals surface area contributed by atoms with E-state index < -0.39 is 9.84 Å². The summed E-state index contributed by atoms with van der Waals surface area (Å²) in [6.45, 7) is 0. The van der Waals surface area contributed by atoms with Crippen LogP contribution in [0.1, 0.15) is 21.5 Å². The SMILES string of the molecule is O=Cc1ccc(/C=C(\c2ccccc2)S(=O)(=O)c2ccccc2)cc1. The van der Waals surface area contributed by atoms with Crippen molar-refractivity contribution in [3.05, 3.63) is 102 Å². The van der Waals surface area contributed by atoms with E-state index in [1.54, 1.807) is 84.9 Å². The van der Waals surface area contributed by atoms with E-state index >= 15 is 0 Å². The molecule has 3 nitrogen and oxygen atoms in total. The van der Waals surface area contributed by atoms with Crippen LogP contribution in [0.25, 0.3) is 11.0 Å². The molecule has 0 heterocycles. The molecule has 3 aromatic carbocycles. The summed E-state index contributed by atoms with van der Waals surface area (Å²) in [7, 11) is -3.68. The molecule has 0 atom stereocenters. The summed E-state index contributed by atoms with van der Waals surface area (Å²) < 4.78 is 26.3. The first kappa shape index (κ1) is 16.9. The Morgan fingerprint density at radius 3 is 1.76 bits per heavy atom. The van der Waals surface area contributed by atoms with Gasteiger partial charge in [0, 0.05) is 5.56 Å². The highest BCUT2D eigenvalue weighted by molar-refractivity contribution is 8.00. The van der Waals surface area contributed by atoms with E-state index in [1.807, 2.05) is 6.07 Å². The van der Waals surface area contributed by atoms with Crippen LogP contribution in [0.15, 0.2) is 89.8 Å². The van der Waals surface area contributed by atoms with Crippen molar-refractivity contribution < 1.29 is 13.2 Å². The van der Waals surface area contributed by atoms with Gasteiger partial charge in [0.15, 0.2) is 0 Å². The van der Waals surface area contributed by atoms with E-state index in [0.29, 0.717) is 16.7 Å². The summed E-state index contributed by atoms with van der Waals surface area (Å²) in [5.74, 6) is 0. The van der Waals surface area contributed by atoms with E-state index in [2.05, 4.69) is 0 Å². The summed E-state index contributed by atoms with van der Waals surface area (Å²) in [5.41, 5.74) is 1.87. The fourth-order valence-electron chi connectivity index (χ4n) is 2.47. The zero-order valence-electron chi connectivity index (χ0n) is 13.4. The summed E-state index contributed by atoms with van der Waals surface area (Å²) in [5, 5.41) is 0. The highest BCUT2D eigenvalue weighted by atomic mass is 32.2. The van der Waals surface area contributed by atoms with Crippen molar-refractivity contribution in [3.8, 4) is 0 Å². The molecule has 3 aromatic rings. The smallest absolute Gasteiger partial charge is 0.207 e. The van der Waals surface area contributed by atoms with Gasteiger partial charge in [-0.1, -0.05) is 72.8 Å². The predicted octanol–water partition coefficient (Wildman–Crippen LogP) is 4.47. The van der Waals surface area contributed by atoms with Crippen LogP contribution in [-0.2, 0) is 9.84 Å². The third-order valence-corrected chi connectivity index (χ3v) is 5.60. The lowest BCUT2D eigenvalue weighted by atomic mass is 10.1. The van der Waals surface area contributed by atoms with E-state index in [0.717, 1.165) is 6.29 Å². The molecule has 0 unspecified atom stereocenters. The predicted molar refractivity (Wildman–Crippen MR) is 99.8 cm³/mol.